The number of para-hydroxylation sites is 1. The summed E-state index contributed by atoms with van der Waals surface area (Å²) in [5.74, 6) is 0.399. The van der Waals surface area contributed by atoms with E-state index in [0.717, 1.165) is 42.0 Å². The summed E-state index contributed by atoms with van der Waals surface area (Å²) < 4.78 is 39.9. The molecule has 0 saturated heterocycles. The lowest BCUT2D eigenvalue weighted by Crippen LogP contribution is -2.53. The van der Waals surface area contributed by atoms with E-state index < -0.39 is 28.5 Å². The van der Waals surface area contributed by atoms with Gasteiger partial charge in [0, 0.05) is 12.6 Å². The molecular weight excluding hydrogens is 566 g/mol. The van der Waals surface area contributed by atoms with Gasteiger partial charge in [-0.3, -0.25) is 13.9 Å². The molecule has 2 amide bonds. The van der Waals surface area contributed by atoms with Gasteiger partial charge in [0.2, 0.25) is 11.8 Å². The number of nitrogens with one attached hydrogen (secondary N) is 1. The van der Waals surface area contributed by atoms with Crippen molar-refractivity contribution in [1.29, 1.82) is 0 Å². The lowest BCUT2D eigenvalue weighted by molar-refractivity contribution is -0.139. The van der Waals surface area contributed by atoms with Gasteiger partial charge in [0.05, 0.1) is 24.3 Å². The van der Waals surface area contributed by atoms with E-state index in [-0.39, 0.29) is 23.4 Å². The van der Waals surface area contributed by atoms with Gasteiger partial charge in [0.1, 0.15) is 24.1 Å². The highest BCUT2D eigenvalue weighted by Gasteiger charge is 2.33. The van der Waals surface area contributed by atoms with Crippen LogP contribution in [0.1, 0.15) is 51.5 Å². The van der Waals surface area contributed by atoms with Crippen molar-refractivity contribution in [3.05, 3.63) is 84.4 Å². The van der Waals surface area contributed by atoms with E-state index in [1.165, 1.54) is 17.0 Å². The molecule has 0 bridgehead atoms. The highest BCUT2D eigenvalue weighted by Crippen LogP contribution is 2.26. The lowest BCUT2D eigenvalue weighted by atomic mass is 9.95. The van der Waals surface area contributed by atoms with Crippen molar-refractivity contribution in [3.8, 4) is 11.5 Å². The molecule has 0 radical (unpaired) electrons. The molecule has 1 N–H and O–H groups in total. The fraction of sp³-hybridized carbons (Fsp3) is 0.394. The van der Waals surface area contributed by atoms with Gasteiger partial charge in [-0.25, -0.2) is 8.42 Å². The maximum atomic E-state index is 14.1. The number of ether oxygens (including phenoxy) is 2. The topological polar surface area (TPSA) is 105 Å². The second kappa shape index (κ2) is 14.9. The Balaban J connectivity index is 1.66. The number of amides is 2. The predicted molar refractivity (Wildman–Crippen MR) is 167 cm³/mol. The predicted octanol–water partition coefficient (Wildman–Crippen LogP) is 5.16. The third kappa shape index (κ3) is 8.28. The molecule has 1 aliphatic carbocycles. The van der Waals surface area contributed by atoms with Gasteiger partial charge < -0.3 is 19.7 Å². The quantitative estimate of drug-likeness (QED) is 0.288. The number of hydrogen-bond donors (Lipinski definition) is 1. The van der Waals surface area contributed by atoms with Crippen molar-refractivity contribution in [2.75, 3.05) is 24.6 Å². The maximum Gasteiger partial charge on any atom is 0.264 e. The van der Waals surface area contributed by atoms with Crippen LogP contribution in [0.4, 0.5) is 5.69 Å². The standard InChI is InChI=1S/C33H41N3O6S/c1-4-42-29-18-20-31(21-19-29)43(39,40)36(28-15-9-6-10-16-28)24-32(37)35(23-26-12-11-17-30(22-26)41-3)25(2)33(38)34-27-13-7-5-8-14-27/h6,9-12,15-22,25,27H,4-5,7-8,13-14,23-24H2,1-3H3,(H,34,38). The molecule has 230 valence electrons. The number of rotatable bonds is 13. The highest BCUT2D eigenvalue weighted by molar-refractivity contribution is 7.92. The van der Waals surface area contributed by atoms with E-state index in [0.29, 0.717) is 23.8 Å². The van der Waals surface area contributed by atoms with Crippen molar-refractivity contribution >= 4 is 27.5 Å². The molecule has 43 heavy (non-hydrogen) atoms. The first-order valence-electron chi connectivity index (χ1n) is 14.8. The first-order valence-corrected chi connectivity index (χ1v) is 16.2. The summed E-state index contributed by atoms with van der Waals surface area (Å²) in [7, 11) is -2.60. The van der Waals surface area contributed by atoms with Crippen LogP contribution >= 0.6 is 0 Å². The van der Waals surface area contributed by atoms with E-state index in [9.17, 15) is 18.0 Å². The van der Waals surface area contributed by atoms with Gasteiger partial charge in [-0.2, -0.15) is 0 Å². The Labute approximate surface area is 254 Å². The summed E-state index contributed by atoms with van der Waals surface area (Å²) >= 11 is 0. The van der Waals surface area contributed by atoms with Crippen LogP contribution in [-0.2, 0) is 26.2 Å². The van der Waals surface area contributed by atoms with Crippen molar-refractivity contribution in [2.45, 2.75) is 69.5 Å². The Morgan fingerprint density at radius 2 is 1.63 bits per heavy atom. The molecule has 10 heteroatoms. The molecule has 0 aromatic heterocycles. The number of hydrogen-bond acceptors (Lipinski definition) is 6. The van der Waals surface area contributed by atoms with Crippen LogP contribution in [0.2, 0.25) is 0 Å². The summed E-state index contributed by atoms with van der Waals surface area (Å²) in [5.41, 5.74) is 1.09. The number of carbonyl (C=O) groups excluding carboxylic acids is 2. The number of sulfonamides is 1. The smallest absolute Gasteiger partial charge is 0.264 e. The molecular formula is C33H41N3O6S. The maximum absolute atomic E-state index is 14.1. The fourth-order valence-electron chi connectivity index (χ4n) is 5.24. The number of carbonyl (C=O) groups is 2. The molecule has 3 aromatic rings. The zero-order chi connectivity index (χ0) is 30.8. The minimum Gasteiger partial charge on any atom is -0.497 e. The van der Waals surface area contributed by atoms with Crippen molar-refractivity contribution < 1.29 is 27.5 Å². The molecule has 3 aromatic carbocycles. The van der Waals surface area contributed by atoms with Crippen LogP contribution in [-0.4, -0.2) is 57.5 Å². The third-order valence-corrected chi connectivity index (χ3v) is 9.44. The molecule has 0 aliphatic heterocycles. The van der Waals surface area contributed by atoms with E-state index in [2.05, 4.69) is 5.32 Å². The first-order chi connectivity index (χ1) is 20.7. The van der Waals surface area contributed by atoms with Crippen LogP contribution in [0.25, 0.3) is 0 Å². The van der Waals surface area contributed by atoms with Crippen LogP contribution in [0.15, 0.2) is 83.8 Å². The molecule has 0 heterocycles. The normalized spacial score (nSPS) is 14.4. The van der Waals surface area contributed by atoms with Gasteiger partial charge in [0.15, 0.2) is 0 Å². The highest BCUT2D eigenvalue weighted by atomic mass is 32.2. The van der Waals surface area contributed by atoms with E-state index in [1.54, 1.807) is 68.6 Å². The first kappa shape index (κ1) is 31.9. The van der Waals surface area contributed by atoms with Crippen molar-refractivity contribution in [3.63, 3.8) is 0 Å². The summed E-state index contributed by atoms with van der Waals surface area (Å²) in [5, 5.41) is 3.12. The summed E-state index contributed by atoms with van der Waals surface area (Å²) in [4.78, 5) is 29.1. The van der Waals surface area contributed by atoms with Crippen molar-refractivity contribution in [2.24, 2.45) is 0 Å². The van der Waals surface area contributed by atoms with E-state index in [4.69, 9.17) is 9.47 Å². The average Bonchev–Trinajstić information content (AvgIpc) is 3.03. The molecule has 1 unspecified atom stereocenters. The molecule has 1 atom stereocenters. The Morgan fingerprint density at radius 1 is 0.930 bits per heavy atom. The molecule has 1 aliphatic rings. The number of anilines is 1. The van der Waals surface area contributed by atoms with Gasteiger partial charge in [-0.05, 0) is 80.8 Å². The molecule has 1 saturated carbocycles. The molecule has 4 rings (SSSR count). The van der Waals surface area contributed by atoms with Gasteiger partial charge >= 0.3 is 0 Å². The monoisotopic (exact) mass is 607 g/mol. The van der Waals surface area contributed by atoms with E-state index in [1.807, 2.05) is 19.1 Å². The minimum atomic E-state index is -4.16. The zero-order valence-corrected chi connectivity index (χ0v) is 25.9. The van der Waals surface area contributed by atoms with Gasteiger partial charge in [0.25, 0.3) is 10.0 Å². The number of nitrogens with zero attached hydrogens (tertiary/aromatic N) is 2. The summed E-state index contributed by atoms with van der Waals surface area (Å²) in [6.07, 6.45) is 5.08. The summed E-state index contributed by atoms with van der Waals surface area (Å²) in [6, 6.07) is 21.1. The molecule has 1 fully saturated rings. The number of methoxy groups -OCH3 is 1. The SMILES string of the molecule is CCOc1ccc(S(=O)(=O)N(CC(=O)N(Cc2cccc(OC)c2)C(C)C(=O)NC2CCCCC2)c2ccccc2)cc1. The summed E-state index contributed by atoms with van der Waals surface area (Å²) in [6.45, 7) is 3.59. The Morgan fingerprint density at radius 3 is 2.28 bits per heavy atom. The van der Waals surface area contributed by atoms with E-state index >= 15 is 0 Å². The van der Waals surface area contributed by atoms with Gasteiger partial charge in [-0.1, -0.05) is 49.6 Å². The van der Waals surface area contributed by atoms with Crippen LogP contribution in [0.3, 0.4) is 0 Å². The molecule has 9 nitrogen and oxygen atoms in total. The largest absolute Gasteiger partial charge is 0.497 e. The van der Waals surface area contributed by atoms with Crippen LogP contribution < -0.4 is 19.1 Å². The zero-order valence-electron chi connectivity index (χ0n) is 25.1. The second-order valence-corrected chi connectivity index (χ2v) is 12.5. The van der Waals surface area contributed by atoms with Crippen molar-refractivity contribution in [1.82, 2.24) is 10.2 Å². The Bertz CT molecular complexity index is 1460. The number of benzene rings is 3. The average molecular weight is 608 g/mol. The van der Waals surface area contributed by atoms with Crippen LogP contribution in [0, 0.1) is 0 Å². The lowest BCUT2D eigenvalue weighted by Gasteiger charge is -2.33. The third-order valence-electron chi connectivity index (χ3n) is 7.65. The fourth-order valence-corrected chi connectivity index (χ4v) is 6.66. The second-order valence-electron chi connectivity index (χ2n) is 10.6. The Kier molecular flexibility index (Phi) is 11.1. The molecule has 0 spiro atoms. The minimum absolute atomic E-state index is 0.0232. The van der Waals surface area contributed by atoms with Gasteiger partial charge in [-0.15, -0.1) is 0 Å². The Hall–Kier alpha value is -4.05. The van der Waals surface area contributed by atoms with Crippen LogP contribution in [0.5, 0.6) is 11.5 Å².